The number of nitrogens with zero attached hydrogens (tertiary/aromatic N) is 2. The molecule has 0 N–H and O–H groups in total. The molecule has 0 spiro atoms. The van der Waals surface area contributed by atoms with Gasteiger partial charge in [0, 0.05) is 24.5 Å². The van der Waals surface area contributed by atoms with Gasteiger partial charge in [0.2, 0.25) is 0 Å². The predicted octanol–water partition coefficient (Wildman–Crippen LogP) is 3.11. The standard InChI is InChI=1S/C14H20BrFN2/c1-10-8-18(9-14(10)17(2)3)13-5-4-11(7-15)6-12(13)16/h4-6,10,14H,7-9H2,1-3H3. The molecule has 1 aliphatic rings. The molecular weight excluding hydrogens is 295 g/mol. The minimum atomic E-state index is -0.112. The van der Waals surface area contributed by atoms with Crippen LogP contribution in [0.15, 0.2) is 18.2 Å². The zero-order valence-electron chi connectivity index (χ0n) is 11.2. The van der Waals surface area contributed by atoms with Crippen molar-refractivity contribution in [3.63, 3.8) is 0 Å². The van der Waals surface area contributed by atoms with Crippen LogP contribution in [-0.4, -0.2) is 38.1 Å². The van der Waals surface area contributed by atoms with Crippen LogP contribution in [0.1, 0.15) is 12.5 Å². The van der Waals surface area contributed by atoms with Crippen molar-refractivity contribution in [1.82, 2.24) is 4.90 Å². The van der Waals surface area contributed by atoms with Crippen LogP contribution in [0, 0.1) is 11.7 Å². The molecular formula is C14H20BrFN2. The number of anilines is 1. The molecule has 1 aliphatic heterocycles. The van der Waals surface area contributed by atoms with Gasteiger partial charge in [-0.2, -0.15) is 0 Å². The lowest BCUT2D eigenvalue weighted by molar-refractivity contribution is 0.266. The van der Waals surface area contributed by atoms with Crippen molar-refractivity contribution in [2.24, 2.45) is 5.92 Å². The molecule has 1 aromatic carbocycles. The second kappa shape index (κ2) is 5.57. The van der Waals surface area contributed by atoms with E-state index >= 15 is 0 Å². The Bertz CT molecular complexity index is 422. The van der Waals surface area contributed by atoms with Gasteiger partial charge in [-0.15, -0.1) is 0 Å². The van der Waals surface area contributed by atoms with E-state index in [1.807, 2.05) is 12.1 Å². The fourth-order valence-electron chi connectivity index (χ4n) is 2.71. The lowest BCUT2D eigenvalue weighted by Crippen LogP contribution is -2.34. The molecule has 1 heterocycles. The third-order valence-electron chi connectivity index (χ3n) is 3.74. The summed E-state index contributed by atoms with van der Waals surface area (Å²) in [6.07, 6.45) is 0. The molecule has 0 saturated carbocycles. The summed E-state index contributed by atoms with van der Waals surface area (Å²) in [5.74, 6) is 0.453. The molecule has 0 amide bonds. The van der Waals surface area contributed by atoms with Crippen LogP contribution in [0.4, 0.5) is 10.1 Å². The molecule has 4 heteroatoms. The minimum absolute atomic E-state index is 0.112. The molecule has 2 atom stereocenters. The monoisotopic (exact) mass is 314 g/mol. The van der Waals surface area contributed by atoms with Gasteiger partial charge in [-0.3, -0.25) is 0 Å². The van der Waals surface area contributed by atoms with Crippen molar-refractivity contribution in [2.75, 3.05) is 32.1 Å². The Labute approximate surface area is 117 Å². The minimum Gasteiger partial charge on any atom is -0.367 e. The van der Waals surface area contributed by atoms with E-state index < -0.39 is 0 Å². The Morgan fingerprint density at radius 1 is 1.39 bits per heavy atom. The lowest BCUT2D eigenvalue weighted by atomic mass is 10.1. The first kappa shape index (κ1) is 13.8. The highest BCUT2D eigenvalue weighted by atomic mass is 79.9. The van der Waals surface area contributed by atoms with Crippen molar-refractivity contribution in [2.45, 2.75) is 18.3 Å². The Morgan fingerprint density at radius 2 is 2.11 bits per heavy atom. The Hall–Kier alpha value is -0.610. The Kier molecular flexibility index (Phi) is 4.28. The summed E-state index contributed by atoms with van der Waals surface area (Å²) < 4.78 is 14.1. The van der Waals surface area contributed by atoms with E-state index in [9.17, 15) is 4.39 Å². The molecule has 2 rings (SSSR count). The molecule has 2 nitrogen and oxygen atoms in total. The fourth-order valence-corrected chi connectivity index (χ4v) is 3.06. The van der Waals surface area contributed by atoms with Gasteiger partial charge in [-0.25, -0.2) is 4.39 Å². The van der Waals surface area contributed by atoms with Gasteiger partial charge in [-0.05, 0) is 37.7 Å². The summed E-state index contributed by atoms with van der Waals surface area (Å²) in [4.78, 5) is 4.39. The van der Waals surface area contributed by atoms with Crippen molar-refractivity contribution in [3.05, 3.63) is 29.6 Å². The van der Waals surface area contributed by atoms with Crippen molar-refractivity contribution in [3.8, 4) is 0 Å². The summed E-state index contributed by atoms with van der Waals surface area (Å²) in [5.41, 5.74) is 1.71. The maximum absolute atomic E-state index is 14.1. The first-order valence-electron chi connectivity index (χ1n) is 6.28. The molecule has 0 aromatic heterocycles. The van der Waals surface area contributed by atoms with Gasteiger partial charge in [0.25, 0.3) is 0 Å². The topological polar surface area (TPSA) is 6.48 Å². The largest absolute Gasteiger partial charge is 0.367 e. The van der Waals surface area contributed by atoms with Crippen LogP contribution in [-0.2, 0) is 5.33 Å². The smallest absolute Gasteiger partial charge is 0.146 e. The van der Waals surface area contributed by atoms with Crippen molar-refractivity contribution in [1.29, 1.82) is 0 Å². The second-order valence-electron chi connectivity index (χ2n) is 5.33. The van der Waals surface area contributed by atoms with E-state index in [0.29, 0.717) is 17.3 Å². The van der Waals surface area contributed by atoms with Gasteiger partial charge >= 0.3 is 0 Å². The number of alkyl halides is 1. The molecule has 2 unspecified atom stereocenters. The van der Waals surface area contributed by atoms with Gasteiger partial charge in [0.05, 0.1) is 5.69 Å². The molecule has 1 fully saturated rings. The first-order chi connectivity index (χ1) is 8.52. The van der Waals surface area contributed by atoms with E-state index in [-0.39, 0.29) is 5.82 Å². The summed E-state index contributed by atoms with van der Waals surface area (Å²) in [7, 11) is 4.18. The van der Waals surface area contributed by atoms with E-state index in [4.69, 9.17) is 0 Å². The van der Waals surface area contributed by atoms with E-state index in [0.717, 1.165) is 24.3 Å². The highest BCUT2D eigenvalue weighted by Crippen LogP contribution is 2.29. The molecule has 18 heavy (non-hydrogen) atoms. The summed E-state index contributed by atoms with van der Waals surface area (Å²) >= 11 is 3.35. The van der Waals surface area contributed by atoms with Crippen LogP contribution in [0.3, 0.4) is 0 Å². The summed E-state index contributed by atoms with van der Waals surface area (Å²) in [6.45, 7) is 4.06. The second-order valence-corrected chi connectivity index (χ2v) is 5.89. The zero-order chi connectivity index (χ0) is 13.3. The summed E-state index contributed by atoms with van der Waals surface area (Å²) in [6, 6.07) is 6.01. The molecule has 0 radical (unpaired) electrons. The third kappa shape index (κ3) is 2.69. The lowest BCUT2D eigenvalue weighted by Gasteiger charge is -2.23. The highest BCUT2D eigenvalue weighted by molar-refractivity contribution is 9.08. The normalized spacial score (nSPS) is 24.0. The number of rotatable bonds is 3. The van der Waals surface area contributed by atoms with E-state index in [1.54, 1.807) is 6.07 Å². The van der Waals surface area contributed by atoms with Crippen molar-refractivity contribution < 1.29 is 4.39 Å². The number of hydrogen-bond donors (Lipinski definition) is 0. The molecule has 100 valence electrons. The summed E-state index contributed by atoms with van der Waals surface area (Å²) in [5, 5.41) is 0.695. The molecule has 0 bridgehead atoms. The maximum atomic E-state index is 14.1. The molecule has 0 aliphatic carbocycles. The maximum Gasteiger partial charge on any atom is 0.146 e. The zero-order valence-corrected chi connectivity index (χ0v) is 12.7. The quantitative estimate of drug-likeness (QED) is 0.791. The number of likely N-dealkylation sites (N-methyl/N-ethyl adjacent to an activating group) is 1. The van der Waals surface area contributed by atoms with Gasteiger partial charge < -0.3 is 9.80 Å². The van der Waals surface area contributed by atoms with Crippen molar-refractivity contribution >= 4 is 21.6 Å². The molecule has 1 saturated heterocycles. The number of benzene rings is 1. The Morgan fingerprint density at radius 3 is 2.61 bits per heavy atom. The number of halogens is 2. The van der Waals surface area contributed by atoms with Crippen LogP contribution >= 0.6 is 15.9 Å². The van der Waals surface area contributed by atoms with E-state index in [1.165, 1.54) is 0 Å². The van der Waals surface area contributed by atoms with Crippen LogP contribution in [0.2, 0.25) is 0 Å². The van der Waals surface area contributed by atoms with Gasteiger partial charge in [0.15, 0.2) is 0 Å². The van der Waals surface area contributed by atoms with Crippen LogP contribution in [0.25, 0.3) is 0 Å². The van der Waals surface area contributed by atoms with Gasteiger partial charge in [0.1, 0.15) is 5.82 Å². The van der Waals surface area contributed by atoms with Crippen LogP contribution < -0.4 is 4.90 Å². The fraction of sp³-hybridized carbons (Fsp3) is 0.571. The number of hydrogen-bond acceptors (Lipinski definition) is 2. The Balaban J connectivity index is 2.18. The average Bonchev–Trinajstić information content (AvgIpc) is 2.71. The first-order valence-corrected chi connectivity index (χ1v) is 7.41. The predicted molar refractivity (Wildman–Crippen MR) is 77.9 cm³/mol. The third-order valence-corrected chi connectivity index (χ3v) is 4.39. The highest BCUT2D eigenvalue weighted by Gasteiger charge is 2.32. The average molecular weight is 315 g/mol. The van der Waals surface area contributed by atoms with E-state index in [2.05, 4.69) is 46.7 Å². The van der Waals surface area contributed by atoms with Crippen LogP contribution in [0.5, 0.6) is 0 Å². The SMILES string of the molecule is CC1CN(c2ccc(CBr)cc2F)CC1N(C)C. The molecule has 1 aromatic rings. The van der Waals surface area contributed by atoms with Gasteiger partial charge in [-0.1, -0.05) is 28.9 Å².